The van der Waals surface area contributed by atoms with Crippen LogP contribution >= 0.6 is 0 Å². The Hall–Kier alpha value is -0.130. The molecular weight excluding hydrogens is 260 g/mol. The fourth-order valence-electron chi connectivity index (χ4n) is 3.61. The van der Waals surface area contributed by atoms with Crippen molar-refractivity contribution in [3.05, 3.63) is 0 Å². The molecule has 0 heterocycles. The van der Waals surface area contributed by atoms with E-state index in [2.05, 4.69) is 13.8 Å². The normalized spacial score (nSPS) is 45.1. The van der Waals surface area contributed by atoms with Crippen LogP contribution in [0.2, 0.25) is 0 Å². The highest BCUT2D eigenvalue weighted by molar-refractivity contribution is 7.92. The van der Waals surface area contributed by atoms with Gasteiger partial charge in [-0.25, -0.2) is 8.42 Å². The number of nitrogens with two attached hydrogens (primary N) is 2. The molecule has 0 bridgehead atoms. The summed E-state index contributed by atoms with van der Waals surface area (Å²) in [5.41, 5.74) is 12.0. The molecule has 0 aromatic heterocycles. The molecule has 2 fully saturated rings. The van der Waals surface area contributed by atoms with Gasteiger partial charge in [0.15, 0.2) is 9.84 Å². The van der Waals surface area contributed by atoms with E-state index in [9.17, 15) is 8.42 Å². The summed E-state index contributed by atoms with van der Waals surface area (Å²) in [4.78, 5) is 0. The highest BCUT2D eigenvalue weighted by Gasteiger charge is 2.40. The Balaban J connectivity index is 2.06. The first-order valence-electron chi connectivity index (χ1n) is 7.56. The summed E-state index contributed by atoms with van der Waals surface area (Å²) < 4.78 is 25.5. The summed E-state index contributed by atoms with van der Waals surface area (Å²) in [6.07, 6.45) is 4.64. The Bertz CT molecular complexity index is 378. The van der Waals surface area contributed by atoms with E-state index in [0.717, 1.165) is 38.5 Å². The number of hydrogen-bond acceptors (Lipinski definition) is 4. The van der Waals surface area contributed by atoms with Crippen LogP contribution in [0.1, 0.15) is 52.4 Å². The van der Waals surface area contributed by atoms with Gasteiger partial charge in [-0.3, -0.25) is 0 Å². The number of rotatable bonds is 2. The molecule has 0 aromatic carbocycles. The molecule has 5 heteroatoms. The molecule has 0 aromatic rings. The fraction of sp³-hybridized carbons (Fsp3) is 1.00. The maximum atomic E-state index is 12.8. The Kier molecular flexibility index (Phi) is 4.58. The molecule has 2 aliphatic rings. The van der Waals surface area contributed by atoms with Crippen molar-refractivity contribution in [1.82, 2.24) is 0 Å². The molecule has 6 unspecified atom stereocenters. The van der Waals surface area contributed by atoms with Crippen molar-refractivity contribution in [3.63, 3.8) is 0 Å². The van der Waals surface area contributed by atoms with E-state index in [-0.39, 0.29) is 22.6 Å². The minimum atomic E-state index is -3.01. The van der Waals surface area contributed by atoms with E-state index in [4.69, 9.17) is 11.5 Å². The lowest BCUT2D eigenvalue weighted by atomic mass is 9.86. The van der Waals surface area contributed by atoms with Crippen LogP contribution in [-0.2, 0) is 9.84 Å². The van der Waals surface area contributed by atoms with E-state index >= 15 is 0 Å². The van der Waals surface area contributed by atoms with Gasteiger partial charge in [0.1, 0.15) is 0 Å². The minimum Gasteiger partial charge on any atom is -0.327 e. The van der Waals surface area contributed by atoms with E-state index in [1.54, 1.807) is 0 Å². The Morgan fingerprint density at radius 1 is 0.789 bits per heavy atom. The third kappa shape index (κ3) is 3.14. The monoisotopic (exact) mass is 288 g/mol. The molecule has 4 N–H and O–H groups in total. The zero-order chi connectivity index (χ0) is 14.2. The van der Waals surface area contributed by atoms with Gasteiger partial charge in [-0.2, -0.15) is 0 Å². The maximum absolute atomic E-state index is 12.8. The van der Waals surface area contributed by atoms with Gasteiger partial charge in [0.25, 0.3) is 0 Å². The lowest BCUT2D eigenvalue weighted by Gasteiger charge is -2.37. The number of hydrogen-bond donors (Lipinski definition) is 2. The van der Waals surface area contributed by atoms with Crippen molar-refractivity contribution in [3.8, 4) is 0 Å². The summed E-state index contributed by atoms with van der Waals surface area (Å²) in [7, 11) is -3.01. The predicted octanol–water partition coefficient (Wildman–Crippen LogP) is 1.43. The molecule has 0 radical (unpaired) electrons. The molecule has 2 rings (SSSR count). The summed E-state index contributed by atoms with van der Waals surface area (Å²) in [5.74, 6) is 0.633. The van der Waals surface area contributed by atoms with Crippen molar-refractivity contribution in [2.75, 3.05) is 0 Å². The predicted molar refractivity (Wildman–Crippen MR) is 78.5 cm³/mol. The van der Waals surface area contributed by atoms with Crippen molar-refractivity contribution in [2.24, 2.45) is 23.3 Å². The molecule has 112 valence electrons. The third-order valence-corrected chi connectivity index (χ3v) is 8.02. The fourth-order valence-corrected chi connectivity index (χ4v) is 6.23. The molecule has 4 nitrogen and oxygen atoms in total. The topological polar surface area (TPSA) is 86.2 Å². The zero-order valence-electron chi connectivity index (χ0n) is 12.1. The van der Waals surface area contributed by atoms with Gasteiger partial charge in [-0.05, 0) is 50.4 Å². The van der Waals surface area contributed by atoms with Crippen LogP contribution in [0.5, 0.6) is 0 Å². The van der Waals surface area contributed by atoms with Crippen LogP contribution in [0, 0.1) is 11.8 Å². The standard InChI is InChI=1S/C14H28N2O2S/c1-9-7-11(3-5-13(9)15)19(17,18)12-4-6-14(16)10(2)8-12/h9-14H,3-8,15-16H2,1-2H3. The van der Waals surface area contributed by atoms with Crippen molar-refractivity contribution in [2.45, 2.75) is 75.0 Å². The van der Waals surface area contributed by atoms with Gasteiger partial charge in [-0.15, -0.1) is 0 Å². The highest BCUT2D eigenvalue weighted by Crippen LogP contribution is 2.35. The van der Waals surface area contributed by atoms with Crippen LogP contribution in [0.3, 0.4) is 0 Å². The molecule has 2 saturated carbocycles. The Morgan fingerprint density at radius 3 is 1.47 bits per heavy atom. The maximum Gasteiger partial charge on any atom is 0.156 e. The largest absolute Gasteiger partial charge is 0.327 e. The highest BCUT2D eigenvalue weighted by atomic mass is 32.2. The van der Waals surface area contributed by atoms with Crippen LogP contribution in [0.15, 0.2) is 0 Å². The lowest BCUT2D eigenvalue weighted by molar-refractivity contribution is 0.312. The molecular formula is C14H28N2O2S. The van der Waals surface area contributed by atoms with Crippen molar-refractivity contribution in [1.29, 1.82) is 0 Å². The molecule has 2 aliphatic carbocycles. The molecule has 6 atom stereocenters. The summed E-state index contributed by atoms with van der Waals surface area (Å²) >= 11 is 0. The van der Waals surface area contributed by atoms with Crippen molar-refractivity contribution >= 4 is 9.84 Å². The minimum absolute atomic E-state index is 0.171. The van der Waals surface area contributed by atoms with Gasteiger partial charge in [0, 0.05) is 12.1 Å². The van der Waals surface area contributed by atoms with E-state index < -0.39 is 9.84 Å². The first-order chi connectivity index (χ1) is 8.82. The van der Waals surface area contributed by atoms with Crippen LogP contribution in [-0.4, -0.2) is 31.0 Å². The van der Waals surface area contributed by atoms with Gasteiger partial charge in [0.2, 0.25) is 0 Å². The molecule has 0 spiro atoms. The van der Waals surface area contributed by atoms with Gasteiger partial charge in [-0.1, -0.05) is 13.8 Å². The van der Waals surface area contributed by atoms with Crippen LogP contribution < -0.4 is 11.5 Å². The SMILES string of the molecule is CC1CC(S(=O)(=O)C2CCC(N)C(C)C2)CCC1N. The summed E-state index contributed by atoms with van der Waals surface area (Å²) in [5, 5.41) is -0.345. The van der Waals surface area contributed by atoms with E-state index in [1.807, 2.05) is 0 Å². The molecule has 0 aliphatic heterocycles. The molecule has 0 amide bonds. The van der Waals surface area contributed by atoms with Gasteiger partial charge in [0.05, 0.1) is 10.5 Å². The van der Waals surface area contributed by atoms with Crippen LogP contribution in [0.25, 0.3) is 0 Å². The number of sulfone groups is 1. The smallest absolute Gasteiger partial charge is 0.156 e. The Labute approximate surface area is 117 Å². The van der Waals surface area contributed by atoms with Gasteiger partial charge >= 0.3 is 0 Å². The van der Waals surface area contributed by atoms with Gasteiger partial charge < -0.3 is 11.5 Å². The third-order valence-electron chi connectivity index (χ3n) is 5.30. The van der Waals surface area contributed by atoms with E-state index in [0.29, 0.717) is 11.8 Å². The second kappa shape index (κ2) is 5.70. The lowest BCUT2D eigenvalue weighted by Crippen LogP contribution is -2.45. The quantitative estimate of drug-likeness (QED) is 0.805. The Morgan fingerprint density at radius 2 is 1.16 bits per heavy atom. The second-order valence-corrected chi connectivity index (χ2v) is 9.25. The van der Waals surface area contributed by atoms with E-state index in [1.165, 1.54) is 0 Å². The first-order valence-corrected chi connectivity index (χ1v) is 9.17. The molecule has 19 heavy (non-hydrogen) atoms. The van der Waals surface area contributed by atoms with Crippen LogP contribution in [0.4, 0.5) is 0 Å². The average molecular weight is 288 g/mol. The zero-order valence-corrected chi connectivity index (χ0v) is 12.9. The first kappa shape index (κ1) is 15.3. The summed E-state index contributed by atoms with van der Waals surface area (Å²) in [6.45, 7) is 4.15. The van der Waals surface area contributed by atoms with Crippen molar-refractivity contribution < 1.29 is 8.42 Å². The second-order valence-electron chi connectivity index (χ2n) is 6.74. The average Bonchev–Trinajstić information content (AvgIpc) is 2.35. The molecule has 0 saturated heterocycles. The summed E-state index contributed by atoms with van der Waals surface area (Å²) in [6, 6.07) is 0.343.